The Kier molecular flexibility index (Phi) is 3.82. The van der Waals surface area contributed by atoms with Crippen LogP contribution in [0.3, 0.4) is 0 Å². The standard InChI is InChI=1S/C14H15F2N5O/c1-2-11-19-12-4-3-9(7-21(12)20-11)18-14(22)13-10(16)5-8(15)6-17-13/h5-6,9H,2-4,7H2,1H3,(H,18,22)/t9-/m0/s1. The predicted octanol–water partition coefficient (Wildman–Crippen LogP) is 1.26. The second-order valence-electron chi connectivity index (χ2n) is 5.17. The first kappa shape index (κ1) is 14.6. The number of hydrogen-bond donors (Lipinski definition) is 1. The summed E-state index contributed by atoms with van der Waals surface area (Å²) in [4.78, 5) is 19.9. The number of pyridine rings is 1. The summed E-state index contributed by atoms with van der Waals surface area (Å²) in [7, 11) is 0. The molecule has 1 aliphatic rings. The summed E-state index contributed by atoms with van der Waals surface area (Å²) < 4.78 is 28.1. The third-order valence-corrected chi connectivity index (χ3v) is 3.58. The number of carbonyl (C=O) groups is 1. The maximum atomic E-state index is 13.6. The number of aryl methyl sites for hydroxylation is 2. The van der Waals surface area contributed by atoms with Crippen molar-refractivity contribution < 1.29 is 13.6 Å². The number of rotatable bonds is 3. The van der Waals surface area contributed by atoms with Crippen molar-refractivity contribution >= 4 is 5.91 Å². The minimum absolute atomic E-state index is 0.183. The average Bonchev–Trinajstić information content (AvgIpc) is 2.89. The molecule has 8 heteroatoms. The lowest BCUT2D eigenvalue weighted by molar-refractivity contribution is 0.0916. The van der Waals surface area contributed by atoms with Crippen molar-refractivity contribution in [2.45, 2.75) is 38.8 Å². The van der Waals surface area contributed by atoms with Crippen LogP contribution in [0.15, 0.2) is 12.3 Å². The van der Waals surface area contributed by atoms with Crippen molar-refractivity contribution in [1.82, 2.24) is 25.1 Å². The third kappa shape index (κ3) is 2.81. The molecule has 1 N–H and O–H groups in total. The van der Waals surface area contributed by atoms with E-state index in [9.17, 15) is 13.6 Å². The van der Waals surface area contributed by atoms with E-state index in [0.29, 0.717) is 25.5 Å². The Morgan fingerprint density at radius 2 is 2.32 bits per heavy atom. The molecule has 1 aliphatic heterocycles. The van der Waals surface area contributed by atoms with Crippen LogP contribution in [0.5, 0.6) is 0 Å². The van der Waals surface area contributed by atoms with E-state index in [1.807, 2.05) is 6.92 Å². The van der Waals surface area contributed by atoms with Crippen LogP contribution in [0, 0.1) is 11.6 Å². The van der Waals surface area contributed by atoms with Crippen molar-refractivity contribution in [1.29, 1.82) is 0 Å². The summed E-state index contributed by atoms with van der Waals surface area (Å²) in [6.07, 6.45) is 2.96. The van der Waals surface area contributed by atoms with Crippen molar-refractivity contribution in [3.63, 3.8) is 0 Å². The Hall–Kier alpha value is -2.38. The van der Waals surface area contributed by atoms with Crippen molar-refractivity contribution in [3.05, 3.63) is 41.2 Å². The molecule has 0 aromatic carbocycles. The van der Waals surface area contributed by atoms with E-state index >= 15 is 0 Å². The summed E-state index contributed by atoms with van der Waals surface area (Å²) in [5.41, 5.74) is -0.403. The molecule has 0 fully saturated rings. The minimum atomic E-state index is -0.969. The molecular formula is C14H15F2N5O. The van der Waals surface area contributed by atoms with Crippen LogP contribution in [0.4, 0.5) is 8.78 Å². The first-order chi connectivity index (χ1) is 10.6. The molecular weight excluding hydrogens is 292 g/mol. The number of aromatic nitrogens is 4. The summed E-state index contributed by atoms with van der Waals surface area (Å²) in [6, 6.07) is 0.462. The molecule has 6 nitrogen and oxygen atoms in total. The molecule has 0 aliphatic carbocycles. The minimum Gasteiger partial charge on any atom is -0.346 e. The van der Waals surface area contributed by atoms with E-state index in [-0.39, 0.29) is 6.04 Å². The second kappa shape index (κ2) is 5.78. The molecule has 1 atom stereocenters. The van der Waals surface area contributed by atoms with Crippen LogP contribution < -0.4 is 5.32 Å². The van der Waals surface area contributed by atoms with Crippen LogP contribution in [0.1, 0.15) is 35.5 Å². The summed E-state index contributed by atoms with van der Waals surface area (Å²) in [5.74, 6) is -0.766. The van der Waals surface area contributed by atoms with Crippen LogP contribution >= 0.6 is 0 Å². The maximum Gasteiger partial charge on any atom is 0.273 e. The molecule has 0 saturated carbocycles. The van der Waals surface area contributed by atoms with Crippen LogP contribution in [0.25, 0.3) is 0 Å². The fourth-order valence-electron chi connectivity index (χ4n) is 2.46. The lowest BCUT2D eigenvalue weighted by Crippen LogP contribution is -2.41. The Labute approximate surface area is 125 Å². The van der Waals surface area contributed by atoms with Crippen LogP contribution in [-0.2, 0) is 19.4 Å². The molecule has 0 bridgehead atoms. The van der Waals surface area contributed by atoms with Crippen molar-refractivity contribution in [2.24, 2.45) is 0 Å². The lowest BCUT2D eigenvalue weighted by atomic mass is 10.1. The number of fused-ring (bicyclic) bond motifs is 1. The van der Waals surface area contributed by atoms with Crippen LogP contribution in [-0.4, -0.2) is 31.7 Å². The number of halogens is 2. The van der Waals surface area contributed by atoms with Gasteiger partial charge in [0.25, 0.3) is 5.91 Å². The molecule has 0 saturated heterocycles. The molecule has 0 unspecified atom stereocenters. The fraction of sp³-hybridized carbons (Fsp3) is 0.429. The highest BCUT2D eigenvalue weighted by Gasteiger charge is 2.24. The van der Waals surface area contributed by atoms with Gasteiger partial charge in [-0.05, 0) is 6.42 Å². The van der Waals surface area contributed by atoms with Crippen LogP contribution in [0.2, 0.25) is 0 Å². The first-order valence-corrected chi connectivity index (χ1v) is 7.11. The van der Waals surface area contributed by atoms with Crippen molar-refractivity contribution in [3.8, 4) is 0 Å². The van der Waals surface area contributed by atoms with Gasteiger partial charge in [0.05, 0.1) is 12.7 Å². The number of carbonyl (C=O) groups excluding carboxylic acids is 1. The molecule has 0 radical (unpaired) electrons. The van der Waals surface area contributed by atoms with Gasteiger partial charge in [-0.1, -0.05) is 6.92 Å². The Balaban J connectivity index is 1.70. The highest BCUT2D eigenvalue weighted by molar-refractivity contribution is 5.92. The zero-order valence-electron chi connectivity index (χ0n) is 12.0. The average molecular weight is 307 g/mol. The van der Waals surface area contributed by atoms with Gasteiger partial charge >= 0.3 is 0 Å². The van der Waals surface area contributed by atoms with Crippen molar-refractivity contribution in [2.75, 3.05) is 0 Å². The molecule has 2 aromatic heterocycles. The predicted molar refractivity (Wildman–Crippen MR) is 73.1 cm³/mol. The molecule has 3 rings (SSSR count). The SMILES string of the molecule is CCc1nc2n(n1)C[C@@H](NC(=O)c1ncc(F)cc1F)CC2. The zero-order valence-corrected chi connectivity index (χ0v) is 12.0. The third-order valence-electron chi connectivity index (χ3n) is 3.58. The monoisotopic (exact) mass is 307 g/mol. The Bertz CT molecular complexity index is 715. The maximum absolute atomic E-state index is 13.6. The van der Waals surface area contributed by atoms with Gasteiger partial charge in [0.15, 0.2) is 17.3 Å². The van der Waals surface area contributed by atoms with E-state index in [1.54, 1.807) is 4.68 Å². The lowest BCUT2D eigenvalue weighted by Gasteiger charge is -2.23. The van der Waals surface area contributed by atoms with Gasteiger partial charge in [-0.15, -0.1) is 0 Å². The summed E-state index contributed by atoms with van der Waals surface area (Å²) in [5, 5.41) is 7.05. The highest BCUT2D eigenvalue weighted by Crippen LogP contribution is 2.14. The molecule has 0 spiro atoms. The smallest absolute Gasteiger partial charge is 0.273 e. The summed E-state index contributed by atoms with van der Waals surface area (Å²) in [6.45, 7) is 2.46. The fourth-order valence-corrected chi connectivity index (χ4v) is 2.46. The van der Waals surface area contributed by atoms with Gasteiger partial charge in [0, 0.05) is 24.9 Å². The largest absolute Gasteiger partial charge is 0.346 e. The normalized spacial score (nSPS) is 17.1. The van der Waals surface area contributed by atoms with Gasteiger partial charge in [-0.3, -0.25) is 4.79 Å². The summed E-state index contributed by atoms with van der Waals surface area (Å²) >= 11 is 0. The van der Waals surface area contributed by atoms with Gasteiger partial charge in [0.1, 0.15) is 11.6 Å². The van der Waals surface area contributed by atoms with Gasteiger partial charge in [-0.25, -0.2) is 23.4 Å². The Morgan fingerprint density at radius 1 is 1.50 bits per heavy atom. The Morgan fingerprint density at radius 3 is 3.05 bits per heavy atom. The molecule has 116 valence electrons. The molecule has 1 amide bonds. The van der Waals surface area contributed by atoms with Gasteiger partial charge in [0.2, 0.25) is 0 Å². The van der Waals surface area contributed by atoms with E-state index in [4.69, 9.17) is 0 Å². The van der Waals surface area contributed by atoms with Gasteiger partial charge in [-0.2, -0.15) is 5.10 Å². The second-order valence-corrected chi connectivity index (χ2v) is 5.17. The number of nitrogens with zero attached hydrogens (tertiary/aromatic N) is 4. The van der Waals surface area contributed by atoms with Gasteiger partial charge < -0.3 is 5.32 Å². The number of nitrogens with one attached hydrogen (secondary N) is 1. The zero-order chi connectivity index (χ0) is 15.7. The highest BCUT2D eigenvalue weighted by atomic mass is 19.1. The van der Waals surface area contributed by atoms with E-state index in [1.165, 1.54) is 0 Å². The number of amides is 1. The van der Waals surface area contributed by atoms with E-state index in [2.05, 4.69) is 20.4 Å². The van der Waals surface area contributed by atoms with E-state index in [0.717, 1.165) is 24.3 Å². The number of hydrogen-bond acceptors (Lipinski definition) is 4. The topological polar surface area (TPSA) is 72.7 Å². The first-order valence-electron chi connectivity index (χ1n) is 7.11. The quantitative estimate of drug-likeness (QED) is 0.926. The molecule has 2 aromatic rings. The molecule has 22 heavy (non-hydrogen) atoms. The molecule has 3 heterocycles. The van der Waals surface area contributed by atoms with E-state index < -0.39 is 23.2 Å².